The summed E-state index contributed by atoms with van der Waals surface area (Å²) in [5.41, 5.74) is 1.27. The first kappa shape index (κ1) is 26.6. The Kier molecular flexibility index (Phi) is 12.5. The first-order valence-electron chi connectivity index (χ1n) is 10.1. The third-order valence-corrected chi connectivity index (χ3v) is 4.01. The molecule has 0 aliphatic carbocycles. The van der Waals surface area contributed by atoms with Gasteiger partial charge in [-0.25, -0.2) is 0 Å². The normalized spacial score (nSPS) is 12.0. The van der Waals surface area contributed by atoms with Crippen molar-refractivity contribution in [1.29, 1.82) is 0 Å². The van der Waals surface area contributed by atoms with Crippen molar-refractivity contribution in [1.82, 2.24) is 20.9 Å². The number of hydrogen-bond acceptors (Lipinski definition) is 5. The zero-order valence-electron chi connectivity index (χ0n) is 18.2. The summed E-state index contributed by atoms with van der Waals surface area (Å²) in [5.74, 6) is 1.12. The Morgan fingerprint density at radius 3 is 2.61 bits per heavy atom. The quantitative estimate of drug-likeness (QED) is 0.159. The van der Waals surface area contributed by atoms with Crippen molar-refractivity contribution in [2.45, 2.75) is 33.0 Å². The summed E-state index contributed by atoms with van der Waals surface area (Å²) >= 11 is 0. The van der Waals surface area contributed by atoms with Crippen LogP contribution in [0.25, 0.3) is 0 Å². The number of aliphatic imine (C=N–C) groups is 1. The van der Waals surface area contributed by atoms with Gasteiger partial charge in [-0.15, -0.1) is 24.0 Å². The van der Waals surface area contributed by atoms with Crippen molar-refractivity contribution in [2.24, 2.45) is 4.99 Å². The van der Waals surface area contributed by atoms with Crippen LogP contribution in [0.15, 0.2) is 53.8 Å². The zero-order chi connectivity index (χ0) is 21.8. The van der Waals surface area contributed by atoms with Gasteiger partial charge >= 0.3 is 0 Å². The fourth-order valence-corrected chi connectivity index (χ4v) is 2.65. The van der Waals surface area contributed by atoms with Crippen LogP contribution in [-0.4, -0.2) is 54.2 Å². The summed E-state index contributed by atoms with van der Waals surface area (Å²) in [6.45, 7) is 7.68. The van der Waals surface area contributed by atoms with Gasteiger partial charge in [0, 0.05) is 32.0 Å². The number of rotatable bonds is 10. The molecule has 0 bridgehead atoms. The lowest BCUT2D eigenvalue weighted by Crippen LogP contribution is -2.41. The third-order valence-electron chi connectivity index (χ3n) is 4.01. The van der Waals surface area contributed by atoms with Crippen molar-refractivity contribution in [3.63, 3.8) is 0 Å². The first-order chi connectivity index (χ1) is 14.5. The van der Waals surface area contributed by atoms with Crippen molar-refractivity contribution in [3.8, 4) is 5.75 Å². The van der Waals surface area contributed by atoms with Crippen LogP contribution in [-0.2, 0) is 0 Å². The second kappa shape index (κ2) is 14.6. The minimum Gasteiger partial charge on any atom is -0.491 e. The van der Waals surface area contributed by atoms with Gasteiger partial charge in [-0.1, -0.05) is 12.1 Å². The Labute approximate surface area is 200 Å². The number of halogens is 1. The van der Waals surface area contributed by atoms with Crippen molar-refractivity contribution in [3.05, 3.63) is 59.9 Å². The number of aliphatic hydroxyl groups is 1. The molecular formula is C22H32IN5O3. The highest BCUT2D eigenvalue weighted by Gasteiger charge is 2.10. The van der Waals surface area contributed by atoms with E-state index in [-0.39, 0.29) is 42.5 Å². The van der Waals surface area contributed by atoms with E-state index < -0.39 is 6.10 Å². The summed E-state index contributed by atoms with van der Waals surface area (Å²) in [4.78, 5) is 20.4. The zero-order valence-corrected chi connectivity index (χ0v) is 20.5. The number of amides is 1. The average Bonchev–Trinajstić information content (AvgIpc) is 2.74. The predicted octanol–water partition coefficient (Wildman–Crippen LogP) is 2.51. The molecule has 1 atom stereocenters. The Bertz CT molecular complexity index is 818. The average molecular weight is 541 g/mol. The number of guanidine groups is 1. The van der Waals surface area contributed by atoms with Crippen molar-refractivity contribution in [2.75, 3.05) is 26.2 Å². The topological polar surface area (TPSA) is 108 Å². The molecule has 31 heavy (non-hydrogen) atoms. The number of carbonyl (C=O) groups is 1. The number of pyridine rings is 1. The third kappa shape index (κ3) is 9.97. The molecule has 170 valence electrons. The molecule has 2 rings (SSSR count). The van der Waals surface area contributed by atoms with Crippen LogP contribution in [0.2, 0.25) is 0 Å². The summed E-state index contributed by atoms with van der Waals surface area (Å²) in [5, 5.41) is 19.6. The van der Waals surface area contributed by atoms with Gasteiger partial charge in [0.05, 0.1) is 24.3 Å². The van der Waals surface area contributed by atoms with Crippen LogP contribution in [0.3, 0.4) is 0 Å². The molecule has 1 heterocycles. The monoisotopic (exact) mass is 541 g/mol. The molecule has 0 saturated carbocycles. The van der Waals surface area contributed by atoms with Gasteiger partial charge < -0.3 is 25.8 Å². The standard InChI is InChI=1S/C22H31N5O3.HI/c1-4-24-22(26-12-11-25-21(29)18-8-6-10-23-14-18)27-15-20(28)17-7-5-9-19(13-17)30-16(2)3;/h5-10,13-14,16,20,28H,4,11-12,15H2,1-3H3,(H,25,29)(H2,24,26,27);1H. The Morgan fingerprint density at radius 1 is 1.16 bits per heavy atom. The van der Waals surface area contributed by atoms with E-state index >= 15 is 0 Å². The predicted molar refractivity (Wildman–Crippen MR) is 133 cm³/mol. The molecule has 4 N–H and O–H groups in total. The highest BCUT2D eigenvalue weighted by molar-refractivity contribution is 14.0. The van der Waals surface area contributed by atoms with Gasteiger partial charge in [-0.2, -0.15) is 0 Å². The number of ether oxygens (including phenoxy) is 1. The minimum absolute atomic E-state index is 0. The molecule has 8 nitrogen and oxygen atoms in total. The molecule has 0 aliphatic heterocycles. The lowest BCUT2D eigenvalue weighted by Gasteiger charge is -2.15. The molecule has 0 aliphatic rings. The molecule has 0 fully saturated rings. The van der Waals surface area contributed by atoms with Crippen LogP contribution in [0.5, 0.6) is 5.75 Å². The molecule has 1 unspecified atom stereocenters. The summed E-state index contributed by atoms with van der Waals surface area (Å²) in [6.07, 6.45) is 2.47. The van der Waals surface area contributed by atoms with Gasteiger partial charge in [0.2, 0.25) is 0 Å². The molecule has 0 saturated heterocycles. The maximum atomic E-state index is 12.0. The minimum atomic E-state index is -0.749. The Morgan fingerprint density at radius 2 is 1.94 bits per heavy atom. The first-order valence-corrected chi connectivity index (χ1v) is 10.1. The smallest absolute Gasteiger partial charge is 0.252 e. The van der Waals surface area contributed by atoms with Gasteiger partial charge in [-0.3, -0.25) is 14.8 Å². The number of benzene rings is 1. The van der Waals surface area contributed by atoms with Crippen LogP contribution in [0.4, 0.5) is 0 Å². The summed E-state index contributed by atoms with van der Waals surface area (Å²) < 4.78 is 5.68. The molecule has 1 aromatic heterocycles. The molecule has 0 radical (unpaired) electrons. The number of hydrogen-bond donors (Lipinski definition) is 4. The SMILES string of the molecule is CCNC(=NCC(O)c1cccc(OC(C)C)c1)NCCNC(=O)c1cccnc1.I. The number of aliphatic hydroxyl groups excluding tert-OH is 1. The van der Waals surface area contributed by atoms with Gasteiger partial charge in [-0.05, 0) is 50.6 Å². The Hall–Kier alpha value is -2.40. The van der Waals surface area contributed by atoms with Gasteiger partial charge in [0.15, 0.2) is 5.96 Å². The molecule has 0 spiro atoms. The van der Waals surface area contributed by atoms with E-state index in [9.17, 15) is 9.90 Å². The number of carbonyl (C=O) groups excluding carboxylic acids is 1. The maximum absolute atomic E-state index is 12.0. The number of aromatic nitrogens is 1. The van der Waals surface area contributed by atoms with Crippen molar-refractivity contribution >= 4 is 35.8 Å². The van der Waals surface area contributed by atoms with E-state index in [1.54, 1.807) is 18.3 Å². The fraction of sp³-hybridized carbons (Fsp3) is 0.409. The van der Waals surface area contributed by atoms with E-state index in [4.69, 9.17) is 4.74 Å². The highest BCUT2D eigenvalue weighted by atomic mass is 127. The lowest BCUT2D eigenvalue weighted by atomic mass is 10.1. The largest absolute Gasteiger partial charge is 0.491 e. The number of nitrogens with zero attached hydrogens (tertiary/aromatic N) is 2. The molecular weight excluding hydrogens is 509 g/mol. The van der Waals surface area contributed by atoms with E-state index in [0.717, 1.165) is 11.3 Å². The Balaban J connectivity index is 0.00000480. The van der Waals surface area contributed by atoms with E-state index in [1.807, 2.05) is 45.0 Å². The van der Waals surface area contributed by atoms with Crippen LogP contribution >= 0.6 is 24.0 Å². The molecule has 9 heteroatoms. The van der Waals surface area contributed by atoms with Crippen LogP contribution in [0.1, 0.15) is 42.8 Å². The fourth-order valence-electron chi connectivity index (χ4n) is 2.65. The van der Waals surface area contributed by atoms with Crippen LogP contribution in [0, 0.1) is 0 Å². The molecule has 1 amide bonds. The number of nitrogens with one attached hydrogen (secondary N) is 3. The van der Waals surface area contributed by atoms with E-state index in [1.165, 1.54) is 6.20 Å². The second-order valence-electron chi connectivity index (χ2n) is 6.90. The van der Waals surface area contributed by atoms with Crippen molar-refractivity contribution < 1.29 is 14.6 Å². The van der Waals surface area contributed by atoms with E-state index in [0.29, 0.717) is 31.2 Å². The molecule has 1 aromatic carbocycles. The highest BCUT2D eigenvalue weighted by Crippen LogP contribution is 2.20. The maximum Gasteiger partial charge on any atom is 0.252 e. The summed E-state index contributed by atoms with van der Waals surface area (Å²) in [6, 6.07) is 10.8. The lowest BCUT2D eigenvalue weighted by molar-refractivity contribution is 0.0954. The summed E-state index contributed by atoms with van der Waals surface area (Å²) in [7, 11) is 0. The molecule has 2 aromatic rings. The van der Waals surface area contributed by atoms with Gasteiger partial charge in [0.1, 0.15) is 5.75 Å². The van der Waals surface area contributed by atoms with Crippen LogP contribution < -0.4 is 20.7 Å². The second-order valence-corrected chi connectivity index (χ2v) is 6.90. The van der Waals surface area contributed by atoms with E-state index in [2.05, 4.69) is 25.9 Å². The van der Waals surface area contributed by atoms with Gasteiger partial charge in [0.25, 0.3) is 5.91 Å².